The SMILES string of the molecule is Brc1cnc(I)cn1.Nc1cnc(Br)cn1. The van der Waals surface area contributed by atoms with Gasteiger partial charge >= 0.3 is 0 Å². The first kappa shape index (κ1) is 13.7. The molecule has 8 heteroatoms. The van der Waals surface area contributed by atoms with Crippen molar-refractivity contribution in [2.75, 3.05) is 5.73 Å². The van der Waals surface area contributed by atoms with E-state index in [1.165, 1.54) is 6.20 Å². The maximum Gasteiger partial charge on any atom is 0.141 e. The summed E-state index contributed by atoms with van der Waals surface area (Å²) in [5.74, 6) is 0.438. The summed E-state index contributed by atoms with van der Waals surface area (Å²) in [7, 11) is 0. The maximum atomic E-state index is 5.23. The van der Waals surface area contributed by atoms with E-state index in [1.54, 1.807) is 18.6 Å². The summed E-state index contributed by atoms with van der Waals surface area (Å²) in [6.45, 7) is 0. The van der Waals surface area contributed by atoms with Gasteiger partial charge in [-0.2, -0.15) is 0 Å². The van der Waals surface area contributed by atoms with Crippen LogP contribution in [0, 0.1) is 3.70 Å². The Labute approximate surface area is 123 Å². The second kappa shape index (κ2) is 7.07. The van der Waals surface area contributed by atoms with Crippen molar-refractivity contribution in [1.29, 1.82) is 0 Å². The summed E-state index contributed by atoms with van der Waals surface area (Å²) < 4.78 is 2.38. The molecule has 0 atom stereocenters. The zero-order valence-electron chi connectivity index (χ0n) is 7.81. The number of nitrogens with two attached hydrogens (primary N) is 1. The fraction of sp³-hybridized carbons (Fsp3) is 0. The molecular weight excluding hydrogens is 453 g/mol. The van der Waals surface area contributed by atoms with Crippen LogP contribution in [0.15, 0.2) is 34.0 Å². The Kier molecular flexibility index (Phi) is 6.06. The molecule has 0 aliphatic heterocycles. The molecule has 2 heterocycles. The first-order chi connectivity index (χ1) is 7.58. The minimum Gasteiger partial charge on any atom is -0.382 e. The average molecular weight is 459 g/mol. The normalized spacial score (nSPS) is 9.19. The van der Waals surface area contributed by atoms with E-state index in [2.05, 4.69) is 74.4 Å². The van der Waals surface area contributed by atoms with Gasteiger partial charge in [0.1, 0.15) is 18.7 Å². The maximum absolute atomic E-state index is 5.23. The number of nitrogen functional groups attached to an aromatic ring is 1. The minimum absolute atomic E-state index is 0.438. The van der Waals surface area contributed by atoms with Crippen LogP contribution in [0.4, 0.5) is 5.82 Å². The Bertz CT molecular complexity index is 348. The quantitative estimate of drug-likeness (QED) is 0.614. The molecule has 0 saturated heterocycles. The molecular formula is C8H6Br2IN5. The van der Waals surface area contributed by atoms with Crippen molar-refractivity contribution in [3.8, 4) is 0 Å². The van der Waals surface area contributed by atoms with E-state index in [9.17, 15) is 0 Å². The molecule has 5 nitrogen and oxygen atoms in total. The molecule has 2 aromatic rings. The van der Waals surface area contributed by atoms with Crippen molar-refractivity contribution in [1.82, 2.24) is 19.9 Å². The van der Waals surface area contributed by atoms with Gasteiger partial charge in [-0.05, 0) is 54.5 Å². The van der Waals surface area contributed by atoms with Crippen LogP contribution in [0.3, 0.4) is 0 Å². The number of rotatable bonds is 0. The van der Waals surface area contributed by atoms with Gasteiger partial charge in [-0.3, -0.25) is 0 Å². The van der Waals surface area contributed by atoms with Crippen LogP contribution in [0.1, 0.15) is 0 Å². The molecule has 0 fully saturated rings. The molecule has 0 aliphatic carbocycles. The van der Waals surface area contributed by atoms with E-state index in [-0.39, 0.29) is 0 Å². The summed E-state index contributed by atoms with van der Waals surface area (Å²) in [5, 5.41) is 0. The third kappa shape index (κ3) is 5.66. The van der Waals surface area contributed by atoms with Crippen LogP contribution >= 0.6 is 54.5 Å². The van der Waals surface area contributed by atoms with E-state index in [1.807, 2.05) is 0 Å². The van der Waals surface area contributed by atoms with E-state index >= 15 is 0 Å². The predicted molar refractivity (Wildman–Crippen MR) is 76.6 cm³/mol. The third-order valence-corrected chi connectivity index (χ3v) is 2.61. The van der Waals surface area contributed by atoms with Gasteiger partial charge in [0.15, 0.2) is 0 Å². The average Bonchev–Trinajstić information content (AvgIpc) is 2.28. The molecule has 0 saturated carbocycles. The number of nitrogens with zero attached hydrogens (tertiary/aromatic N) is 4. The van der Waals surface area contributed by atoms with Gasteiger partial charge < -0.3 is 5.73 Å². The van der Waals surface area contributed by atoms with Crippen molar-refractivity contribution >= 4 is 60.3 Å². The topological polar surface area (TPSA) is 77.6 Å². The van der Waals surface area contributed by atoms with Gasteiger partial charge in [0.05, 0.1) is 24.8 Å². The lowest BCUT2D eigenvalue weighted by molar-refractivity contribution is 1.13. The lowest BCUT2D eigenvalue weighted by Crippen LogP contribution is -1.89. The Hall–Kier alpha value is -0.350. The summed E-state index contributed by atoms with van der Waals surface area (Å²) in [6.07, 6.45) is 6.41. The second-order valence-electron chi connectivity index (χ2n) is 2.43. The fourth-order valence-corrected chi connectivity index (χ4v) is 1.31. The first-order valence-electron chi connectivity index (χ1n) is 3.94. The Morgan fingerprint density at radius 3 is 1.75 bits per heavy atom. The molecule has 0 bridgehead atoms. The standard InChI is InChI=1S/C4H2BrIN2.C4H4BrN3/c2*5-3-1-8-4(6)2-7-3/h1-2H;1-2H,(H2,6,8). The number of anilines is 1. The molecule has 16 heavy (non-hydrogen) atoms. The van der Waals surface area contributed by atoms with Gasteiger partial charge in [0.2, 0.25) is 0 Å². The highest BCUT2D eigenvalue weighted by atomic mass is 127. The minimum atomic E-state index is 0.438. The molecule has 2 aromatic heterocycles. The summed E-state index contributed by atoms with van der Waals surface area (Å²) in [4.78, 5) is 15.4. The molecule has 0 spiro atoms. The van der Waals surface area contributed by atoms with E-state index in [0.29, 0.717) is 10.4 Å². The molecule has 0 radical (unpaired) electrons. The smallest absolute Gasteiger partial charge is 0.141 e. The summed E-state index contributed by atoms with van der Waals surface area (Å²) in [6, 6.07) is 0. The van der Waals surface area contributed by atoms with Crippen LogP contribution in [-0.2, 0) is 0 Å². The number of hydrogen-bond donors (Lipinski definition) is 1. The second-order valence-corrected chi connectivity index (χ2v) is 5.16. The van der Waals surface area contributed by atoms with Crippen LogP contribution in [0.25, 0.3) is 0 Å². The third-order valence-electron chi connectivity index (χ3n) is 1.23. The van der Waals surface area contributed by atoms with Crippen LogP contribution in [-0.4, -0.2) is 19.9 Å². The molecule has 2 rings (SSSR count). The van der Waals surface area contributed by atoms with Crippen molar-refractivity contribution in [3.63, 3.8) is 0 Å². The van der Waals surface area contributed by atoms with E-state index < -0.39 is 0 Å². The van der Waals surface area contributed by atoms with Crippen molar-refractivity contribution in [2.45, 2.75) is 0 Å². The van der Waals surface area contributed by atoms with E-state index in [0.717, 1.165) is 8.30 Å². The monoisotopic (exact) mass is 457 g/mol. The largest absolute Gasteiger partial charge is 0.382 e. The van der Waals surface area contributed by atoms with Gasteiger partial charge in [-0.25, -0.2) is 19.9 Å². The van der Waals surface area contributed by atoms with Crippen LogP contribution in [0.5, 0.6) is 0 Å². The van der Waals surface area contributed by atoms with Crippen LogP contribution in [0.2, 0.25) is 0 Å². The zero-order valence-corrected chi connectivity index (χ0v) is 13.1. The summed E-state index contributed by atoms with van der Waals surface area (Å²) in [5.41, 5.74) is 5.23. The van der Waals surface area contributed by atoms with Crippen LogP contribution < -0.4 is 5.73 Å². The van der Waals surface area contributed by atoms with Gasteiger partial charge in [0.25, 0.3) is 0 Å². The number of halogens is 3. The lowest BCUT2D eigenvalue weighted by Gasteiger charge is -1.87. The van der Waals surface area contributed by atoms with Gasteiger partial charge in [0, 0.05) is 0 Å². The molecule has 0 aliphatic rings. The Balaban J connectivity index is 0.000000160. The highest BCUT2D eigenvalue weighted by molar-refractivity contribution is 14.1. The fourth-order valence-electron chi connectivity index (χ4n) is 0.619. The number of hydrogen-bond acceptors (Lipinski definition) is 5. The molecule has 84 valence electrons. The van der Waals surface area contributed by atoms with Crippen molar-refractivity contribution < 1.29 is 0 Å². The Morgan fingerprint density at radius 1 is 0.875 bits per heavy atom. The molecule has 0 aromatic carbocycles. The predicted octanol–water partition coefficient (Wildman–Crippen LogP) is 2.67. The Morgan fingerprint density at radius 2 is 1.44 bits per heavy atom. The highest BCUT2D eigenvalue weighted by Gasteiger charge is 1.86. The van der Waals surface area contributed by atoms with Gasteiger partial charge in [-0.15, -0.1) is 0 Å². The number of aromatic nitrogens is 4. The highest BCUT2D eigenvalue weighted by Crippen LogP contribution is 2.03. The molecule has 0 amide bonds. The summed E-state index contributed by atoms with van der Waals surface area (Å²) >= 11 is 8.39. The lowest BCUT2D eigenvalue weighted by atomic mass is 10.7. The zero-order chi connectivity index (χ0) is 12.0. The van der Waals surface area contributed by atoms with Crippen molar-refractivity contribution in [3.05, 3.63) is 37.7 Å². The molecule has 0 unspecified atom stereocenters. The molecule has 2 N–H and O–H groups in total. The first-order valence-corrected chi connectivity index (χ1v) is 6.60. The van der Waals surface area contributed by atoms with Gasteiger partial charge in [-0.1, -0.05) is 0 Å². The van der Waals surface area contributed by atoms with E-state index in [4.69, 9.17) is 5.73 Å². The van der Waals surface area contributed by atoms with Crippen molar-refractivity contribution in [2.24, 2.45) is 0 Å².